The molecule has 0 radical (unpaired) electrons. The molecule has 1 N–H and O–H groups in total. The topological polar surface area (TPSA) is 35.6 Å². The van der Waals surface area contributed by atoms with Crippen molar-refractivity contribution in [1.82, 2.24) is 15.1 Å². The first kappa shape index (κ1) is 15.5. The van der Waals surface area contributed by atoms with E-state index in [1.807, 2.05) is 4.90 Å². The quantitative estimate of drug-likeness (QED) is 0.851. The van der Waals surface area contributed by atoms with Gasteiger partial charge in [0.2, 0.25) is 0 Å². The summed E-state index contributed by atoms with van der Waals surface area (Å²) in [6.45, 7) is 3.94. The van der Waals surface area contributed by atoms with Crippen LogP contribution in [0.15, 0.2) is 0 Å². The molecule has 0 aromatic rings. The molecule has 3 rings (SSSR count). The van der Waals surface area contributed by atoms with Gasteiger partial charge in [0.1, 0.15) is 0 Å². The van der Waals surface area contributed by atoms with E-state index in [0.29, 0.717) is 6.04 Å². The summed E-state index contributed by atoms with van der Waals surface area (Å²) in [4.78, 5) is 17.0. The number of nitrogens with one attached hydrogen (secondary N) is 1. The van der Waals surface area contributed by atoms with E-state index < -0.39 is 0 Å². The Hall–Kier alpha value is -0.420. The van der Waals surface area contributed by atoms with Crippen LogP contribution in [0.2, 0.25) is 0 Å². The van der Waals surface area contributed by atoms with Gasteiger partial charge in [-0.2, -0.15) is 11.8 Å². The Balaban J connectivity index is 1.40. The molecule has 0 bridgehead atoms. The van der Waals surface area contributed by atoms with Gasteiger partial charge in [-0.05, 0) is 37.2 Å². The van der Waals surface area contributed by atoms with Gasteiger partial charge in [-0.3, -0.25) is 4.90 Å². The van der Waals surface area contributed by atoms with Gasteiger partial charge < -0.3 is 10.2 Å². The number of hydrogen-bond acceptors (Lipinski definition) is 3. The third-order valence-corrected chi connectivity index (χ3v) is 6.29. The predicted molar refractivity (Wildman–Crippen MR) is 88.9 cm³/mol. The molecule has 0 aromatic carbocycles. The Morgan fingerprint density at radius 2 is 1.57 bits per heavy atom. The van der Waals surface area contributed by atoms with E-state index in [-0.39, 0.29) is 6.03 Å². The SMILES string of the molecule is O=C(NC1CCCCC1)N1CCN(C2CCSCC2)CC1. The summed E-state index contributed by atoms with van der Waals surface area (Å²) in [5.41, 5.74) is 0. The molecule has 2 aliphatic heterocycles. The zero-order valence-electron chi connectivity index (χ0n) is 13.1. The van der Waals surface area contributed by atoms with Gasteiger partial charge in [0.05, 0.1) is 0 Å². The smallest absolute Gasteiger partial charge is 0.317 e. The third kappa shape index (κ3) is 4.28. The second-order valence-electron chi connectivity index (χ2n) is 6.65. The van der Waals surface area contributed by atoms with Crippen LogP contribution in [0.1, 0.15) is 44.9 Å². The highest BCUT2D eigenvalue weighted by molar-refractivity contribution is 7.99. The van der Waals surface area contributed by atoms with Crippen LogP contribution in [0, 0.1) is 0 Å². The van der Waals surface area contributed by atoms with E-state index in [1.165, 1.54) is 56.5 Å². The normalized spacial score (nSPS) is 26.8. The molecular weight excluding hydrogens is 282 g/mol. The molecule has 2 saturated heterocycles. The van der Waals surface area contributed by atoms with Crippen molar-refractivity contribution in [1.29, 1.82) is 0 Å². The average Bonchev–Trinajstić information content (AvgIpc) is 2.57. The van der Waals surface area contributed by atoms with E-state index >= 15 is 0 Å². The van der Waals surface area contributed by atoms with E-state index in [9.17, 15) is 4.79 Å². The molecular formula is C16H29N3OS. The first-order valence-electron chi connectivity index (χ1n) is 8.70. The molecule has 120 valence electrons. The number of rotatable bonds is 2. The number of carbonyl (C=O) groups excluding carboxylic acids is 1. The summed E-state index contributed by atoms with van der Waals surface area (Å²) in [5, 5.41) is 3.25. The number of nitrogens with zero attached hydrogens (tertiary/aromatic N) is 2. The van der Waals surface area contributed by atoms with Crippen LogP contribution >= 0.6 is 11.8 Å². The van der Waals surface area contributed by atoms with Crippen molar-refractivity contribution < 1.29 is 4.79 Å². The van der Waals surface area contributed by atoms with E-state index in [4.69, 9.17) is 0 Å². The van der Waals surface area contributed by atoms with Gasteiger partial charge in [-0.15, -0.1) is 0 Å². The van der Waals surface area contributed by atoms with Gasteiger partial charge >= 0.3 is 6.03 Å². The maximum Gasteiger partial charge on any atom is 0.317 e. The monoisotopic (exact) mass is 311 g/mol. The van der Waals surface area contributed by atoms with Crippen molar-refractivity contribution in [2.24, 2.45) is 0 Å². The predicted octanol–water partition coefficient (Wildman–Crippen LogP) is 2.54. The zero-order chi connectivity index (χ0) is 14.5. The molecule has 0 aromatic heterocycles. The lowest BCUT2D eigenvalue weighted by atomic mass is 9.96. The molecule has 1 saturated carbocycles. The first-order chi connectivity index (χ1) is 10.3. The van der Waals surface area contributed by atoms with Crippen LogP contribution in [0.25, 0.3) is 0 Å². The summed E-state index contributed by atoms with van der Waals surface area (Å²) in [5.74, 6) is 2.63. The zero-order valence-corrected chi connectivity index (χ0v) is 13.9. The minimum absolute atomic E-state index is 0.181. The molecule has 5 heteroatoms. The number of hydrogen-bond donors (Lipinski definition) is 1. The van der Waals surface area contributed by atoms with Crippen LogP contribution in [-0.2, 0) is 0 Å². The Labute approximate surface area is 133 Å². The number of thioether (sulfide) groups is 1. The average molecular weight is 311 g/mol. The Bertz CT molecular complexity index is 332. The van der Waals surface area contributed by atoms with E-state index in [1.54, 1.807) is 0 Å². The number of amides is 2. The summed E-state index contributed by atoms with van der Waals surface area (Å²) in [6, 6.07) is 1.38. The second kappa shape index (κ2) is 7.73. The summed E-state index contributed by atoms with van der Waals surface area (Å²) in [7, 11) is 0. The van der Waals surface area contributed by atoms with Crippen LogP contribution in [-0.4, -0.2) is 65.6 Å². The lowest BCUT2D eigenvalue weighted by Gasteiger charge is -2.41. The minimum Gasteiger partial charge on any atom is -0.335 e. The van der Waals surface area contributed by atoms with Gasteiger partial charge in [0.15, 0.2) is 0 Å². The Morgan fingerprint density at radius 1 is 0.905 bits per heavy atom. The second-order valence-corrected chi connectivity index (χ2v) is 7.88. The lowest BCUT2D eigenvalue weighted by molar-refractivity contribution is 0.102. The fourth-order valence-corrected chi connectivity index (χ4v) is 4.93. The van der Waals surface area contributed by atoms with Crippen molar-refractivity contribution >= 4 is 17.8 Å². The van der Waals surface area contributed by atoms with Crippen molar-refractivity contribution in [2.45, 2.75) is 57.0 Å². The fraction of sp³-hybridized carbons (Fsp3) is 0.938. The van der Waals surface area contributed by atoms with Crippen molar-refractivity contribution in [2.75, 3.05) is 37.7 Å². The number of urea groups is 1. The maximum atomic E-state index is 12.3. The molecule has 4 nitrogen and oxygen atoms in total. The van der Waals surface area contributed by atoms with Crippen molar-refractivity contribution in [3.05, 3.63) is 0 Å². The maximum absolute atomic E-state index is 12.3. The highest BCUT2D eigenvalue weighted by atomic mass is 32.2. The van der Waals surface area contributed by atoms with Gasteiger partial charge in [-0.25, -0.2) is 4.79 Å². The third-order valence-electron chi connectivity index (χ3n) is 5.24. The molecule has 21 heavy (non-hydrogen) atoms. The van der Waals surface area contributed by atoms with Gasteiger partial charge in [0, 0.05) is 38.3 Å². The van der Waals surface area contributed by atoms with E-state index in [2.05, 4.69) is 22.0 Å². The highest BCUT2D eigenvalue weighted by Crippen LogP contribution is 2.23. The molecule has 0 spiro atoms. The van der Waals surface area contributed by atoms with Crippen LogP contribution < -0.4 is 5.32 Å². The molecule has 2 amide bonds. The van der Waals surface area contributed by atoms with E-state index in [0.717, 1.165) is 32.2 Å². The highest BCUT2D eigenvalue weighted by Gasteiger charge is 2.28. The van der Waals surface area contributed by atoms with Crippen molar-refractivity contribution in [3.63, 3.8) is 0 Å². The van der Waals surface area contributed by atoms with Crippen LogP contribution in [0.4, 0.5) is 4.79 Å². The number of carbonyl (C=O) groups is 1. The molecule has 0 unspecified atom stereocenters. The first-order valence-corrected chi connectivity index (χ1v) is 9.85. The van der Waals surface area contributed by atoms with Crippen molar-refractivity contribution in [3.8, 4) is 0 Å². The fourth-order valence-electron chi connectivity index (χ4n) is 3.85. The standard InChI is InChI=1S/C16H29N3OS/c20-16(17-14-4-2-1-3-5-14)19-10-8-18(9-11-19)15-6-12-21-13-7-15/h14-15H,1-13H2,(H,17,20). The van der Waals surface area contributed by atoms with Gasteiger partial charge in [0.25, 0.3) is 0 Å². The van der Waals surface area contributed by atoms with Gasteiger partial charge in [-0.1, -0.05) is 19.3 Å². The van der Waals surface area contributed by atoms with Crippen LogP contribution in [0.3, 0.4) is 0 Å². The Morgan fingerprint density at radius 3 is 2.24 bits per heavy atom. The molecule has 1 aliphatic carbocycles. The summed E-state index contributed by atoms with van der Waals surface area (Å²) < 4.78 is 0. The molecule has 2 heterocycles. The molecule has 3 fully saturated rings. The largest absolute Gasteiger partial charge is 0.335 e. The summed E-state index contributed by atoms with van der Waals surface area (Å²) in [6.07, 6.45) is 8.90. The lowest BCUT2D eigenvalue weighted by Crippen LogP contribution is -2.55. The molecule has 3 aliphatic rings. The minimum atomic E-state index is 0.181. The van der Waals surface area contributed by atoms with Crippen LogP contribution in [0.5, 0.6) is 0 Å². The Kier molecular flexibility index (Phi) is 5.69. The molecule has 0 atom stereocenters. The summed E-state index contributed by atoms with van der Waals surface area (Å²) >= 11 is 2.09. The number of piperazine rings is 1.